The maximum atomic E-state index is 11.2. The number of hydrogen-bond acceptors (Lipinski definition) is 5. The highest BCUT2D eigenvalue weighted by Gasteiger charge is 2.01. The van der Waals surface area contributed by atoms with Gasteiger partial charge in [-0.3, -0.25) is 4.79 Å². The van der Waals surface area contributed by atoms with Crippen molar-refractivity contribution in [2.75, 3.05) is 39.6 Å². The van der Waals surface area contributed by atoms with Crippen LogP contribution in [-0.2, 0) is 23.7 Å². The van der Waals surface area contributed by atoms with Gasteiger partial charge in [-0.25, -0.2) is 0 Å². The summed E-state index contributed by atoms with van der Waals surface area (Å²) < 4.78 is 20.4. The molecular formula is C14H26O5. The molecular weight excluding hydrogens is 248 g/mol. The summed E-state index contributed by atoms with van der Waals surface area (Å²) in [6.45, 7) is 8.25. The third kappa shape index (κ3) is 14.9. The quantitative estimate of drug-likeness (QED) is 0.276. The van der Waals surface area contributed by atoms with Crippen molar-refractivity contribution in [3.8, 4) is 0 Å². The number of hydrogen-bond donors (Lipinski definition) is 0. The van der Waals surface area contributed by atoms with Crippen molar-refractivity contribution in [3.63, 3.8) is 0 Å². The summed E-state index contributed by atoms with van der Waals surface area (Å²) in [7, 11) is 0. The molecule has 0 saturated carbocycles. The van der Waals surface area contributed by atoms with E-state index in [1.54, 1.807) is 0 Å². The van der Waals surface area contributed by atoms with Gasteiger partial charge < -0.3 is 18.9 Å². The lowest BCUT2D eigenvalue weighted by Crippen LogP contribution is -2.13. The van der Waals surface area contributed by atoms with Gasteiger partial charge in [0.2, 0.25) is 0 Å². The van der Waals surface area contributed by atoms with Gasteiger partial charge in [0.15, 0.2) is 0 Å². The molecule has 0 amide bonds. The van der Waals surface area contributed by atoms with Crippen molar-refractivity contribution < 1.29 is 23.7 Å². The van der Waals surface area contributed by atoms with E-state index in [2.05, 4.69) is 13.5 Å². The van der Waals surface area contributed by atoms with Gasteiger partial charge in [0.05, 0.1) is 32.7 Å². The largest absolute Gasteiger partial charge is 0.499 e. The van der Waals surface area contributed by atoms with Crippen LogP contribution in [0, 0.1) is 0 Å². The zero-order valence-electron chi connectivity index (χ0n) is 11.9. The van der Waals surface area contributed by atoms with Gasteiger partial charge in [0.1, 0.15) is 13.2 Å². The third-order valence-electron chi connectivity index (χ3n) is 2.31. The van der Waals surface area contributed by atoms with Crippen molar-refractivity contribution in [2.45, 2.75) is 32.6 Å². The first-order valence-corrected chi connectivity index (χ1v) is 6.84. The summed E-state index contributed by atoms with van der Waals surface area (Å²) in [5.74, 6) is -0.144. The summed E-state index contributed by atoms with van der Waals surface area (Å²) in [6.07, 6.45) is 4.96. The van der Waals surface area contributed by atoms with Gasteiger partial charge in [0, 0.05) is 6.42 Å². The Labute approximate surface area is 115 Å². The van der Waals surface area contributed by atoms with Crippen LogP contribution in [-0.4, -0.2) is 45.6 Å². The minimum absolute atomic E-state index is 0.144. The number of carbonyl (C=O) groups is 1. The first kappa shape index (κ1) is 17.9. The number of esters is 1. The Balaban J connectivity index is 3.09. The van der Waals surface area contributed by atoms with E-state index in [0.717, 1.165) is 19.3 Å². The van der Waals surface area contributed by atoms with Crippen LogP contribution in [0.1, 0.15) is 32.6 Å². The lowest BCUT2D eigenvalue weighted by Gasteiger charge is -2.07. The smallest absolute Gasteiger partial charge is 0.305 e. The lowest BCUT2D eigenvalue weighted by molar-refractivity contribution is -0.145. The molecule has 0 radical (unpaired) electrons. The number of rotatable bonds is 14. The summed E-state index contributed by atoms with van der Waals surface area (Å²) in [6, 6.07) is 0. The molecule has 0 atom stereocenters. The van der Waals surface area contributed by atoms with Crippen LogP contribution in [0.15, 0.2) is 12.8 Å². The van der Waals surface area contributed by atoms with Crippen molar-refractivity contribution in [3.05, 3.63) is 12.8 Å². The maximum absolute atomic E-state index is 11.2. The molecule has 0 aromatic carbocycles. The van der Waals surface area contributed by atoms with Gasteiger partial charge in [-0.1, -0.05) is 26.3 Å². The summed E-state index contributed by atoms with van der Waals surface area (Å²) in [4.78, 5) is 11.2. The number of unbranched alkanes of at least 4 members (excludes halogenated alkanes) is 2. The third-order valence-corrected chi connectivity index (χ3v) is 2.31. The molecule has 0 spiro atoms. The highest BCUT2D eigenvalue weighted by Crippen LogP contribution is 2.00. The molecule has 0 aliphatic heterocycles. The first-order chi connectivity index (χ1) is 9.31. The fourth-order valence-corrected chi connectivity index (χ4v) is 1.32. The van der Waals surface area contributed by atoms with Gasteiger partial charge in [-0.2, -0.15) is 0 Å². The van der Waals surface area contributed by atoms with Crippen LogP contribution in [0.25, 0.3) is 0 Å². The van der Waals surface area contributed by atoms with E-state index in [1.165, 1.54) is 6.26 Å². The fraction of sp³-hybridized carbons (Fsp3) is 0.786. The van der Waals surface area contributed by atoms with Gasteiger partial charge in [-0.15, -0.1) is 0 Å². The van der Waals surface area contributed by atoms with E-state index in [4.69, 9.17) is 18.9 Å². The maximum Gasteiger partial charge on any atom is 0.305 e. The monoisotopic (exact) mass is 274 g/mol. The topological polar surface area (TPSA) is 54.0 Å². The van der Waals surface area contributed by atoms with Crippen molar-refractivity contribution in [1.82, 2.24) is 0 Å². The van der Waals surface area contributed by atoms with Crippen molar-refractivity contribution in [2.24, 2.45) is 0 Å². The summed E-state index contributed by atoms with van der Waals surface area (Å²) in [5, 5.41) is 0. The van der Waals surface area contributed by atoms with E-state index >= 15 is 0 Å². The van der Waals surface area contributed by atoms with E-state index in [-0.39, 0.29) is 5.97 Å². The van der Waals surface area contributed by atoms with E-state index in [9.17, 15) is 4.79 Å². The molecule has 0 aliphatic rings. The zero-order chi connectivity index (χ0) is 14.2. The van der Waals surface area contributed by atoms with Crippen LogP contribution in [0.4, 0.5) is 0 Å². The molecule has 19 heavy (non-hydrogen) atoms. The SMILES string of the molecule is C=COCCOCCOCCOC(=O)CCCCC. The summed E-state index contributed by atoms with van der Waals surface area (Å²) in [5.41, 5.74) is 0. The predicted molar refractivity (Wildman–Crippen MR) is 72.9 cm³/mol. The van der Waals surface area contributed by atoms with Crippen LogP contribution < -0.4 is 0 Å². The van der Waals surface area contributed by atoms with Crippen LogP contribution in [0.5, 0.6) is 0 Å². The van der Waals surface area contributed by atoms with Crippen LogP contribution in [0.2, 0.25) is 0 Å². The molecule has 0 bridgehead atoms. The molecule has 0 aliphatic carbocycles. The highest BCUT2D eigenvalue weighted by atomic mass is 16.6. The standard InChI is InChI=1S/C14H26O5/c1-3-5-6-7-14(15)19-13-12-18-11-10-17-9-8-16-4-2/h4H,2-3,5-13H2,1H3. The highest BCUT2D eigenvalue weighted by molar-refractivity contribution is 5.69. The summed E-state index contributed by atoms with van der Waals surface area (Å²) >= 11 is 0. The van der Waals surface area contributed by atoms with E-state index < -0.39 is 0 Å². The Morgan fingerprint density at radius 2 is 1.63 bits per heavy atom. The molecule has 0 unspecified atom stereocenters. The molecule has 0 aromatic rings. The average molecular weight is 274 g/mol. The predicted octanol–water partition coefficient (Wildman–Crippen LogP) is 2.30. The van der Waals surface area contributed by atoms with Crippen molar-refractivity contribution in [1.29, 1.82) is 0 Å². The molecule has 0 N–H and O–H groups in total. The molecule has 5 nitrogen and oxygen atoms in total. The molecule has 0 fully saturated rings. The Bertz CT molecular complexity index is 218. The molecule has 5 heteroatoms. The molecule has 0 saturated heterocycles. The average Bonchev–Trinajstić information content (AvgIpc) is 2.41. The molecule has 0 aromatic heterocycles. The Kier molecular flexibility index (Phi) is 14.1. The van der Waals surface area contributed by atoms with E-state index in [1.807, 2.05) is 0 Å². The minimum atomic E-state index is -0.144. The zero-order valence-corrected chi connectivity index (χ0v) is 11.9. The second-order valence-electron chi connectivity index (χ2n) is 3.94. The van der Waals surface area contributed by atoms with Gasteiger partial charge in [0.25, 0.3) is 0 Å². The van der Waals surface area contributed by atoms with Crippen molar-refractivity contribution >= 4 is 5.97 Å². The Hall–Kier alpha value is -1.07. The van der Waals surface area contributed by atoms with E-state index in [0.29, 0.717) is 46.1 Å². The fourth-order valence-electron chi connectivity index (χ4n) is 1.32. The second-order valence-corrected chi connectivity index (χ2v) is 3.94. The second kappa shape index (κ2) is 15.0. The number of carbonyl (C=O) groups excluding carboxylic acids is 1. The van der Waals surface area contributed by atoms with Gasteiger partial charge >= 0.3 is 5.97 Å². The molecule has 0 rings (SSSR count). The molecule has 112 valence electrons. The van der Waals surface area contributed by atoms with Crippen LogP contribution >= 0.6 is 0 Å². The normalized spacial score (nSPS) is 10.2. The van der Waals surface area contributed by atoms with Crippen LogP contribution in [0.3, 0.4) is 0 Å². The molecule has 0 heterocycles. The number of ether oxygens (including phenoxy) is 4. The van der Waals surface area contributed by atoms with Gasteiger partial charge in [-0.05, 0) is 6.42 Å². The minimum Gasteiger partial charge on any atom is -0.499 e. The Morgan fingerprint density at radius 3 is 2.26 bits per heavy atom. The lowest BCUT2D eigenvalue weighted by atomic mass is 10.2. The first-order valence-electron chi connectivity index (χ1n) is 6.84. The Morgan fingerprint density at radius 1 is 1.00 bits per heavy atom.